The second kappa shape index (κ2) is 9.59. The van der Waals surface area contributed by atoms with E-state index < -0.39 is 0 Å². The summed E-state index contributed by atoms with van der Waals surface area (Å²) >= 11 is 1.13. The number of nitrogens with zero attached hydrogens (tertiary/aromatic N) is 3. The minimum atomic E-state index is -0.208. The second-order valence-corrected chi connectivity index (χ2v) is 9.89. The number of thiophene rings is 1. The molecule has 0 bridgehead atoms. The highest BCUT2D eigenvalue weighted by Gasteiger charge is 2.16. The molecule has 0 aliphatic carbocycles. The third kappa shape index (κ3) is 4.49. The van der Waals surface area contributed by atoms with Gasteiger partial charge in [-0.05, 0) is 42.8 Å². The number of halogens is 1. The number of aromatic nitrogens is 5. The standard InChI is InChI=1S/C28H23FN6OS/c1-2-3-7-27(36)32-17-10-16(13-30-14-17)22-12-20-24(15-31-22)34-35-28(20)23-11-19-18(5-4-6-21(19)33-23)25-8-9-26(29)37-25/h4-6,8-15,33H,2-3,7H2,1H3,(H,32,36)(H,34,35). The number of aromatic amines is 2. The number of hydrogen-bond acceptors (Lipinski definition) is 5. The van der Waals surface area contributed by atoms with Crippen molar-refractivity contribution in [3.63, 3.8) is 0 Å². The van der Waals surface area contributed by atoms with E-state index in [0.29, 0.717) is 12.1 Å². The quantitative estimate of drug-likeness (QED) is 0.212. The first-order valence-corrected chi connectivity index (χ1v) is 12.9. The summed E-state index contributed by atoms with van der Waals surface area (Å²) < 4.78 is 13.7. The molecule has 0 aliphatic rings. The fraction of sp³-hybridized carbons (Fsp3) is 0.143. The topological polar surface area (TPSA) is 99.4 Å². The van der Waals surface area contributed by atoms with Crippen LogP contribution in [0.15, 0.2) is 67.1 Å². The Kier molecular flexibility index (Phi) is 5.97. The number of benzene rings is 1. The molecule has 0 atom stereocenters. The average molecular weight is 511 g/mol. The van der Waals surface area contributed by atoms with Crippen molar-refractivity contribution in [1.29, 1.82) is 0 Å². The second-order valence-electron chi connectivity index (χ2n) is 8.85. The van der Waals surface area contributed by atoms with Gasteiger partial charge in [0.25, 0.3) is 0 Å². The summed E-state index contributed by atoms with van der Waals surface area (Å²) in [6, 6.07) is 15.1. The van der Waals surface area contributed by atoms with Crippen LogP contribution in [0.1, 0.15) is 26.2 Å². The van der Waals surface area contributed by atoms with Crippen LogP contribution in [0.3, 0.4) is 0 Å². The molecule has 5 aromatic heterocycles. The van der Waals surface area contributed by atoms with Gasteiger partial charge in [-0.1, -0.05) is 25.5 Å². The van der Waals surface area contributed by atoms with Gasteiger partial charge in [0.2, 0.25) is 5.91 Å². The zero-order valence-corrected chi connectivity index (χ0v) is 20.8. The Bertz CT molecular complexity index is 1750. The van der Waals surface area contributed by atoms with Crippen LogP contribution in [-0.2, 0) is 4.79 Å². The van der Waals surface area contributed by atoms with Gasteiger partial charge in [-0.3, -0.25) is 19.9 Å². The van der Waals surface area contributed by atoms with Gasteiger partial charge in [0.1, 0.15) is 5.69 Å². The lowest BCUT2D eigenvalue weighted by molar-refractivity contribution is -0.116. The van der Waals surface area contributed by atoms with Crippen molar-refractivity contribution in [2.75, 3.05) is 5.32 Å². The Hall–Kier alpha value is -4.37. The minimum Gasteiger partial charge on any atom is -0.353 e. The zero-order chi connectivity index (χ0) is 25.4. The highest BCUT2D eigenvalue weighted by Crippen LogP contribution is 2.37. The van der Waals surface area contributed by atoms with E-state index in [1.54, 1.807) is 24.7 Å². The molecule has 5 heterocycles. The molecule has 1 amide bonds. The first-order chi connectivity index (χ1) is 18.1. The fourth-order valence-electron chi connectivity index (χ4n) is 4.45. The molecule has 0 saturated carbocycles. The van der Waals surface area contributed by atoms with Crippen LogP contribution in [0.2, 0.25) is 0 Å². The molecule has 1 aromatic carbocycles. The summed E-state index contributed by atoms with van der Waals surface area (Å²) in [5, 5.41) is 12.2. The number of unbranched alkanes of at least 4 members (excludes halogenated alkanes) is 1. The van der Waals surface area contributed by atoms with Crippen molar-refractivity contribution in [2.24, 2.45) is 0 Å². The molecule has 0 aliphatic heterocycles. The van der Waals surface area contributed by atoms with Crippen molar-refractivity contribution in [1.82, 2.24) is 25.1 Å². The van der Waals surface area contributed by atoms with Gasteiger partial charge in [-0.15, -0.1) is 11.3 Å². The van der Waals surface area contributed by atoms with Gasteiger partial charge in [0.05, 0.1) is 35.0 Å². The molecule has 37 heavy (non-hydrogen) atoms. The lowest BCUT2D eigenvalue weighted by atomic mass is 10.1. The van der Waals surface area contributed by atoms with Crippen LogP contribution in [-0.4, -0.2) is 31.1 Å². The smallest absolute Gasteiger partial charge is 0.224 e. The van der Waals surface area contributed by atoms with Crippen LogP contribution < -0.4 is 5.32 Å². The largest absolute Gasteiger partial charge is 0.353 e. The van der Waals surface area contributed by atoms with Gasteiger partial charge in [0.15, 0.2) is 5.13 Å². The number of fused-ring (bicyclic) bond motifs is 2. The van der Waals surface area contributed by atoms with Crippen LogP contribution in [0, 0.1) is 5.13 Å². The number of pyridine rings is 2. The van der Waals surface area contributed by atoms with Crippen LogP contribution >= 0.6 is 11.3 Å². The molecule has 7 nitrogen and oxygen atoms in total. The monoisotopic (exact) mass is 510 g/mol. The minimum absolute atomic E-state index is 0.0233. The Balaban J connectivity index is 1.37. The predicted molar refractivity (Wildman–Crippen MR) is 146 cm³/mol. The number of anilines is 1. The van der Waals surface area contributed by atoms with Crippen molar-refractivity contribution in [3.05, 3.63) is 72.3 Å². The maximum Gasteiger partial charge on any atom is 0.224 e. The molecule has 6 aromatic rings. The van der Waals surface area contributed by atoms with Gasteiger partial charge in [0, 0.05) is 44.9 Å². The summed E-state index contributed by atoms with van der Waals surface area (Å²) in [6.45, 7) is 2.06. The Morgan fingerprint density at radius 1 is 1.05 bits per heavy atom. The SMILES string of the molecule is CCCCC(=O)Nc1cncc(-c2cc3c(-c4cc5c(-c6ccc(F)s6)cccc5[nH]4)n[nH]c3cn2)c1. The number of carbonyl (C=O) groups is 1. The highest BCUT2D eigenvalue weighted by molar-refractivity contribution is 7.14. The first kappa shape index (κ1) is 23.1. The number of nitrogens with one attached hydrogen (secondary N) is 3. The lowest BCUT2D eigenvalue weighted by Gasteiger charge is -2.07. The van der Waals surface area contributed by atoms with Crippen molar-refractivity contribution >= 4 is 44.7 Å². The molecule has 9 heteroatoms. The Labute approximate surface area is 215 Å². The fourth-order valence-corrected chi connectivity index (χ4v) is 5.22. The number of hydrogen-bond donors (Lipinski definition) is 3. The van der Waals surface area contributed by atoms with Crippen molar-refractivity contribution in [2.45, 2.75) is 26.2 Å². The lowest BCUT2D eigenvalue weighted by Crippen LogP contribution is -2.11. The highest BCUT2D eigenvalue weighted by atomic mass is 32.1. The normalized spacial score (nSPS) is 11.4. The van der Waals surface area contributed by atoms with Crippen LogP contribution in [0.4, 0.5) is 10.1 Å². The first-order valence-electron chi connectivity index (χ1n) is 12.1. The average Bonchev–Trinajstić information content (AvgIpc) is 3.64. The Morgan fingerprint density at radius 3 is 2.81 bits per heavy atom. The van der Waals surface area contributed by atoms with Crippen LogP contribution in [0.25, 0.3) is 54.9 Å². The van der Waals surface area contributed by atoms with Crippen molar-refractivity contribution in [3.8, 4) is 33.1 Å². The molecular formula is C28H23FN6OS. The van der Waals surface area contributed by atoms with Gasteiger partial charge < -0.3 is 10.3 Å². The van der Waals surface area contributed by atoms with Crippen LogP contribution in [0.5, 0.6) is 0 Å². The summed E-state index contributed by atoms with van der Waals surface area (Å²) in [7, 11) is 0. The van der Waals surface area contributed by atoms with Gasteiger partial charge >= 0.3 is 0 Å². The molecule has 3 N–H and O–H groups in total. The third-order valence-electron chi connectivity index (χ3n) is 6.28. The van der Waals surface area contributed by atoms with E-state index in [1.807, 2.05) is 36.4 Å². The van der Waals surface area contributed by atoms with Gasteiger partial charge in [-0.2, -0.15) is 9.49 Å². The van der Waals surface area contributed by atoms with E-state index in [9.17, 15) is 9.18 Å². The molecule has 0 spiro atoms. The summed E-state index contributed by atoms with van der Waals surface area (Å²) in [4.78, 5) is 25.4. The van der Waals surface area contributed by atoms with E-state index in [0.717, 1.165) is 79.1 Å². The van der Waals surface area contributed by atoms with E-state index in [4.69, 9.17) is 0 Å². The summed E-state index contributed by atoms with van der Waals surface area (Å²) in [6.07, 6.45) is 7.40. The molecule has 0 unspecified atom stereocenters. The summed E-state index contributed by atoms with van der Waals surface area (Å²) in [5.41, 5.74) is 6.48. The summed E-state index contributed by atoms with van der Waals surface area (Å²) in [5.74, 6) is -0.0233. The van der Waals surface area contributed by atoms with Crippen molar-refractivity contribution < 1.29 is 9.18 Å². The Morgan fingerprint density at radius 2 is 1.97 bits per heavy atom. The van der Waals surface area contributed by atoms with E-state index in [-0.39, 0.29) is 11.0 Å². The van der Waals surface area contributed by atoms with E-state index in [2.05, 4.69) is 37.4 Å². The van der Waals surface area contributed by atoms with E-state index >= 15 is 0 Å². The zero-order valence-electron chi connectivity index (χ0n) is 20.0. The predicted octanol–water partition coefficient (Wildman–Crippen LogP) is 7.16. The number of H-pyrrole nitrogens is 2. The molecule has 0 radical (unpaired) electrons. The molecule has 0 fully saturated rings. The number of amides is 1. The number of rotatable bonds is 7. The molecule has 6 rings (SSSR count). The number of carbonyl (C=O) groups excluding carboxylic acids is 1. The maximum absolute atomic E-state index is 13.7. The molecular weight excluding hydrogens is 487 g/mol. The molecule has 0 saturated heterocycles. The van der Waals surface area contributed by atoms with Gasteiger partial charge in [-0.25, -0.2) is 0 Å². The maximum atomic E-state index is 13.7. The van der Waals surface area contributed by atoms with E-state index in [1.165, 1.54) is 6.07 Å². The molecule has 184 valence electrons. The third-order valence-corrected chi connectivity index (χ3v) is 7.19.